The van der Waals surface area contributed by atoms with Crippen molar-refractivity contribution < 1.29 is 55.3 Å². The van der Waals surface area contributed by atoms with E-state index in [9.17, 15) is 40.7 Å². The van der Waals surface area contributed by atoms with Crippen molar-refractivity contribution >= 4 is 85.7 Å². The highest BCUT2D eigenvalue weighted by molar-refractivity contribution is 14.1. The molecule has 0 bridgehead atoms. The van der Waals surface area contributed by atoms with Crippen molar-refractivity contribution in [2.24, 2.45) is 0 Å². The largest absolute Gasteiger partial charge is 0.481 e. The molecule has 0 saturated carbocycles. The Labute approximate surface area is 211 Å². The van der Waals surface area contributed by atoms with Crippen molar-refractivity contribution in [3.63, 3.8) is 0 Å². The van der Waals surface area contributed by atoms with Crippen LogP contribution in [0.2, 0.25) is 0 Å². The number of halogens is 9. The molecule has 1 aromatic rings. The van der Waals surface area contributed by atoms with Crippen LogP contribution in [0.5, 0.6) is 0 Å². The predicted molar refractivity (Wildman–Crippen MR) is 117 cm³/mol. The number of hydrogen-bond acceptors (Lipinski definition) is 5. The highest BCUT2D eigenvalue weighted by Crippen LogP contribution is 2.48. The molecule has 0 fully saturated rings. The van der Waals surface area contributed by atoms with Crippen LogP contribution in [0.1, 0.15) is 29.6 Å². The lowest BCUT2D eigenvalue weighted by Gasteiger charge is -2.35. The summed E-state index contributed by atoms with van der Waals surface area (Å²) in [5.74, 6) is -5.19. The first-order valence-electron chi connectivity index (χ1n) is 7.90. The number of hydrogen-bond donors (Lipinski definition) is 1. The Morgan fingerprint density at radius 2 is 1.52 bits per heavy atom. The van der Waals surface area contributed by atoms with E-state index in [1.807, 2.05) is 67.8 Å². The van der Waals surface area contributed by atoms with Crippen LogP contribution in [-0.4, -0.2) is 47.6 Å². The third-order valence-corrected chi connectivity index (χ3v) is 7.24. The summed E-state index contributed by atoms with van der Waals surface area (Å²) < 4.78 is 88.8. The highest BCUT2D eigenvalue weighted by atomic mass is 127. The molecule has 31 heavy (non-hydrogen) atoms. The first kappa shape index (κ1) is 28.4. The molecule has 0 radical (unpaired) electrons. The normalized spacial score (nSPS) is 12.4. The second kappa shape index (κ2) is 11.0. The van der Waals surface area contributed by atoms with Crippen molar-refractivity contribution in [3.8, 4) is 0 Å². The van der Waals surface area contributed by atoms with Crippen molar-refractivity contribution in [3.05, 3.63) is 28.4 Å². The number of carboxylic acids is 1. The van der Waals surface area contributed by atoms with Crippen molar-refractivity contribution in [2.45, 2.75) is 37.2 Å². The van der Waals surface area contributed by atoms with Crippen molar-refractivity contribution in [2.75, 3.05) is 6.61 Å². The summed E-state index contributed by atoms with van der Waals surface area (Å²) in [6, 6.07) is 3.31. The molecule has 1 rings (SSSR count). The second-order valence-electron chi connectivity index (χ2n) is 5.86. The molecule has 0 aliphatic rings. The number of esters is 2. The zero-order valence-electron chi connectivity index (χ0n) is 14.9. The Kier molecular flexibility index (Phi) is 10.1. The van der Waals surface area contributed by atoms with Gasteiger partial charge in [-0.3, -0.25) is 9.59 Å². The van der Waals surface area contributed by atoms with E-state index in [4.69, 9.17) is 9.84 Å². The average Bonchev–Trinajstić information content (AvgIpc) is 2.58. The van der Waals surface area contributed by atoms with Gasteiger partial charge in [-0.15, -0.1) is 0 Å². The smallest absolute Gasteiger partial charge is 0.438 e. The Morgan fingerprint density at radius 1 is 0.968 bits per heavy atom. The van der Waals surface area contributed by atoms with E-state index in [0.717, 1.165) is 7.14 Å². The minimum Gasteiger partial charge on any atom is -0.481 e. The molecular formula is C16H11F6I3O6. The number of carbonyl (C=O) groups excluding carboxylic acids is 2. The Bertz CT molecular complexity index is 841. The molecule has 0 atom stereocenters. The SMILES string of the molecule is O=C(O)CC(OC(=O)CCCOC(=O)c1cc(I)cc(I)c1I)(C(F)(F)F)C(F)(F)F. The molecular weight excluding hydrogens is 783 g/mol. The zero-order valence-corrected chi connectivity index (χ0v) is 21.3. The molecule has 6 nitrogen and oxygen atoms in total. The summed E-state index contributed by atoms with van der Waals surface area (Å²) in [6.07, 6.45) is -16.4. The van der Waals surface area contributed by atoms with Crippen LogP contribution in [-0.2, 0) is 19.1 Å². The van der Waals surface area contributed by atoms with E-state index >= 15 is 0 Å². The Hall–Kier alpha value is -0.600. The van der Waals surface area contributed by atoms with Gasteiger partial charge in [-0.25, -0.2) is 4.79 Å². The lowest BCUT2D eigenvalue weighted by atomic mass is 9.97. The number of rotatable bonds is 8. The predicted octanol–water partition coefficient (Wildman–Crippen LogP) is 5.32. The number of aliphatic carboxylic acids is 1. The molecule has 0 saturated heterocycles. The van der Waals surface area contributed by atoms with Gasteiger partial charge in [0.2, 0.25) is 0 Å². The standard InChI is InChI=1S/C16H11F6I3O6/c17-15(18,19)14(6-10(26)27,16(20,21)22)31-11(28)2-1-3-30-13(29)8-4-7(23)5-9(24)12(8)25/h4-5H,1-3,6H2,(H,26,27). The molecule has 0 heterocycles. The summed E-state index contributed by atoms with van der Waals surface area (Å²) in [5.41, 5.74) is -4.98. The molecule has 0 spiro atoms. The maximum atomic E-state index is 13.0. The van der Waals surface area contributed by atoms with Gasteiger partial charge in [-0.05, 0) is 86.3 Å². The summed E-state index contributed by atoms with van der Waals surface area (Å²) in [5, 5.41) is 8.48. The van der Waals surface area contributed by atoms with Crippen molar-refractivity contribution in [1.29, 1.82) is 0 Å². The molecule has 15 heteroatoms. The van der Waals surface area contributed by atoms with Crippen LogP contribution in [0.15, 0.2) is 12.1 Å². The van der Waals surface area contributed by atoms with Crippen LogP contribution in [0.4, 0.5) is 26.3 Å². The molecule has 1 N–H and O–H groups in total. The number of ether oxygens (including phenoxy) is 2. The Balaban J connectivity index is 2.79. The van der Waals surface area contributed by atoms with Gasteiger partial charge in [0.05, 0.1) is 12.2 Å². The van der Waals surface area contributed by atoms with Crippen LogP contribution in [0.25, 0.3) is 0 Å². The number of carboxylic acid groups (broad SMARTS) is 1. The summed E-state index contributed by atoms with van der Waals surface area (Å²) in [7, 11) is 0. The fourth-order valence-corrected chi connectivity index (χ4v) is 4.51. The van der Waals surface area contributed by atoms with Crippen LogP contribution in [0.3, 0.4) is 0 Å². The average molecular weight is 794 g/mol. The fourth-order valence-electron chi connectivity index (χ4n) is 2.13. The summed E-state index contributed by atoms with van der Waals surface area (Å²) in [6.45, 7) is -0.490. The molecule has 0 amide bonds. The first-order chi connectivity index (χ1) is 14.0. The zero-order chi connectivity index (χ0) is 24.2. The lowest BCUT2D eigenvalue weighted by molar-refractivity contribution is -0.369. The quantitative estimate of drug-likeness (QED) is 0.126. The fraction of sp³-hybridized carbons (Fsp3) is 0.438. The molecule has 0 aromatic heterocycles. The second-order valence-corrected chi connectivity index (χ2v) is 9.34. The minimum absolute atomic E-state index is 0.203. The third kappa shape index (κ3) is 7.46. The lowest BCUT2D eigenvalue weighted by Crippen LogP contribution is -2.60. The van der Waals surface area contributed by atoms with Crippen LogP contribution < -0.4 is 0 Å². The monoisotopic (exact) mass is 794 g/mol. The van der Waals surface area contributed by atoms with Gasteiger partial charge in [0, 0.05) is 17.1 Å². The molecule has 174 valence electrons. The van der Waals surface area contributed by atoms with Crippen LogP contribution in [0, 0.1) is 10.7 Å². The Morgan fingerprint density at radius 3 is 2.00 bits per heavy atom. The van der Waals surface area contributed by atoms with Gasteiger partial charge < -0.3 is 14.6 Å². The van der Waals surface area contributed by atoms with Gasteiger partial charge >= 0.3 is 35.9 Å². The van der Waals surface area contributed by atoms with Crippen LogP contribution >= 0.6 is 67.8 Å². The third-order valence-electron chi connectivity index (χ3n) is 3.58. The number of carbonyl (C=O) groups is 3. The van der Waals surface area contributed by atoms with E-state index in [0.29, 0.717) is 3.57 Å². The molecule has 1 aromatic carbocycles. The van der Waals surface area contributed by atoms with Crippen molar-refractivity contribution in [1.82, 2.24) is 0 Å². The molecule has 0 aliphatic heterocycles. The van der Waals surface area contributed by atoms with E-state index in [-0.39, 0.29) is 5.56 Å². The highest BCUT2D eigenvalue weighted by Gasteiger charge is 2.75. The minimum atomic E-state index is -6.22. The number of benzene rings is 1. The topological polar surface area (TPSA) is 89.9 Å². The summed E-state index contributed by atoms with van der Waals surface area (Å²) in [4.78, 5) is 34.3. The van der Waals surface area contributed by atoms with Gasteiger partial charge in [-0.2, -0.15) is 26.3 Å². The van der Waals surface area contributed by atoms with Gasteiger partial charge in [0.15, 0.2) is 0 Å². The molecule has 0 aliphatic carbocycles. The maximum absolute atomic E-state index is 13.0. The van der Waals surface area contributed by atoms with E-state index in [1.165, 1.54) is 6.07 Å². The number of alkyl halides is 6. The summed E-state index contributed by atoms with van der Waals surface area (Å²) >= 11 is 5.85. The molecule has 0 unspecified atom stereocenters. The van der Waals surface area contributed by atoms with E-state index < -0.39 is 61.7 Å². The van der Waals surface area contributed by atoms with Gasteiger partial charge in [-0.1, -0.05) is 0 Å². The van der Waals surface area contributed by atoms with E-state index in [1.54, 1.807) is 6.07 Å². The maximum Gasteiger partial charge on any atom is 0.438 e. The van der Waals surface area contributed by atoms with Gasteiger partial charge in [0.1, 0.15) is 6.42 Å². The first-order valence-corrected chi connectivity index (χ1v) is 11.1. The van der Waals surface area contributed by atoms with E-state index in [2.05, 4.69) is 4.74 Å². The van der Waals surface area contributed by atoms with Gasteiger partial charge in [0.25, 0.3) is 0 Å².